The molecule has 0 saturated heterocycles. The van der Waals surface area contributed by atoms with E-state index in [1.54, 1.807) is 0 Å². The van der Waals surface area contributed by atoms with E-state index in [1.165, 1.54) is 154 Å². The molecule has 0 heterocycles. The van der Waals surface area contributed by atoms with Crippen LogP contribution >= 0.6 is 0 Å². The largest absolute Gasteiger partial charge is 0.391 e. The second-order valence-corrected chi connectivity index (χ2v) is 16.3. The maximum absolute atomic E-state index is 12.6. The van der Waals surface area contributed by atoms with E-state index in [4.69, 9.17) is 0 Å². The van der Waals surface area contributed by atoms with Gasteiger partial charge in [-0.2, -0.15) is 8.42 Å². The van der Waals surface area contributed by atoms with E-state index in [9.17, 15) is 28.0 Å². The van der Waals surface area contributed by atoms with Crippen LogP contribution in [0.25, 0.3) is 0 Å². The van der Waals surface area contributed by atoms with Gasteiger partial charge in [0, 0.05) is 0 Å². The Balaban J connectivity index is 3.95. The molecule has 288 valence electrons. The Morgan fingerprint density at radius 2 is 0.750 bits per heavy atom. The predicted molar refractivity (Wildman–Crippen MR) is 204 cm³/mol. The van der Waals surface area contributed by atoms with Crippen molar-refractivity contribution in [2.75, 3.05) is 5.75 Å². The molecule has 0 bridgehead atoms. The van der Waals surface area contributed by atoms with Crippen molar-refractivity contribution in [1.29, 1.82) is 0 Å². The molecular weight excluding hydrogens is 623 g/mol. The SMILES string of the molecule is CCCCCCCCCCCCCCCCCCC(O)C(CS(=O)(=O)O)NC(=O)C(O)CCCCCCCCCCCCCCCCC. The molecule has 3 unspecified atom stereocenters. The lowest BCUT2D eigenvalue weighted by molar-refractivity contribution is -0.131. The van der Waals surface area contributed by atoms with E-state index in [-0.39, 0.29) is 0 Å². The maximum atomic E-state index is 12.6. The van der Waals surface area contributed by atoms with E-state index in [1.807, 2.05) is 0 Å². The van der Waals surface area contributed by atoms with Gasteiger partial charge in [-0.1, -0.05) is 213 Å². The van der Waals surface area contributed by atoms with E-state index in [2.05, 4.69) is 19.2 Å². The fraction of sp³-hybridized carbons (Fsp3) is 0.975. The topological polar surface area (TPSA) is 124 Å². The lowest BCUT2D eigenvalue weighted by atomic mass is 10.0. The molecule has 8 heteroatoms. The van der Waals surface area contributed by atoms with Crippen LogP contribution < -0.4 is 5.32 Å². The van der Waals surface area contributed by atoms with Crippen LogP contribution in [0.1, 0.15) is 226 Å². The minimum atomic E-state index is -4.40. The minimum Gasteiger partial charge on any atom is -0.391 e. The van der Waals surface area contributed by atoms with Gasteiger partial charge in [-0.15, -0.1) is 0 Å². The zero-order chi connectivity index (χ0) is 35.6. The first-order valence-electron chi connectivity index (χ1n) is 20.8. The third kappa shape index (κ3) is 33.8. The number of unbranched alkanes of at least 4 members (excludes halogenated alkanes) is 29. The molecule has 0 aliphatic rings. The molecule has 0 aromatic rings. The average Bonchev–Trinajstić information content (AvgIpc) is 3.05. The maximum Gasteiger partial charge on any atom is 0.266 e. The van der Waals surface area contributed by atoms with Gasteiger partial charge < -0.3 is 15.5 Å². The zero-order valence-electron chi connectivity index (χ0n) is 31.7. The number of hydrogen-bond acceptors (Lipinski definition) is 5. The lowest BCUT2D eigenvalue weighted by Gasteiger charge is -2.24. The molecule has 0 fully saturated rings. The molecule has 3 atom stereocenters. The molecule has 0 aromatic carbocycles. The Kier molecular flexibility index (Phi) is 34.2. The summed E-state index contributed by atoms with van der Waals surface area (Å²) in [6.07, 6.45) is 36.9. The molecule has 4 N–H and O–H groups in total. The number of aliphatic hydroxyl groups excluding tert-OH is 2. The highest BCUT2D eigenvalue weighted by Gasteiger charge is 2.28. The molecule has 0 aliphatic heterocycles. The van der Waals surface area contributed by atoms with Gasteiger partial charge >= 0.3 is 0 Å². The van der Waals surface area contributed by atoms with Gasteiger partial charge in [0.25, 0.3) is 10.1 Å². The van der Waals surface area contributed by atoms with Crippen molar-refractivity contribution < 1.29 is 28.0 Å². The number of rotatable bonds is 38. The smallest absolute Gasteiger partial charge is 0.266 e. The lowest BCUT2D eigenvalue weighted by Crippen LogP contribution is -2.50. The van der Waals surface area contributed by atoms with Crippen LogP contribution in [0.4, 0.5) is 0 Å². The first-order chi connectivity index (χ1) is 23.2. The molecular formula is C40H81NO6S. The molecule has 0 aromatic heterocycles. The average molecular weight is 704 g/mol. The van der Waals surface area contributed by atoms with Crippen molar-refractivity contribution in [2.24, 2.45) is 0 Å². The Hall–Kier alpha value is -0.700. The van der Waals surface area contributed by atoms with Crippen molar-refractivity contribution in [3.63, 3.8) is 0 Å². The highest BCUT2D eigenvalue weighted by atomic mass is 32.2. The summed E-state index contributed by atoms with van der Waals surface area (Å²) in [5, 5.41) is 23.5. The summed E-state index contributed by atoms with van der Waals surface area (Å²) in [5.41, 5.74) is 0. The highest BCUT2D eigenvalue weighted by Crippen LogP contribution is 2.17. The predicted octanol–water partition coefficient (Wildman–Crippen LogP) is 11.0. The molecule has 1 amide bonds. The molecule has 0 spiro atoms. The monoisotopic (exact) mass is 704 g/mol. The highest BCUT2D eigenvalue weighted by molar-refractivity contribution is 7.85. The first-order valence-corrected chi connectivity index (χ1v) is 22.4. The number of nitrogens with one attached hydrogen (secondary N) is 1. The van der Waals surface area contributed by atoms with Gasteiger partial charge in [0.15, 0.2) is 0 Å². The van der Waals surface area contributed by atoms with Crippen LogP contribution in [0.5, 0.6) is 0 Å². The van der Waals surface area contributed by atoms with Gasteiger partial charge in [-0.3, -0.25) is 9.35 Å². The third-order valence-corrected chi connectivity index (χ3v) is 10.7. The van der Waals surface area contributed by atoms with Crippen molar-refractivity contribution in [3.05, 3.63) is 0 Å². The molecule has 0 aliphatic carbocycles. The molecule has 0 saturated carbocycles. The van der Waals surface area contributed by atoms with Crippen LogP contribution in [0.15, 0.2) is 0 Å². The Morgan fingerprint density at radius 3 is 1.04 bits per heavy atom. The van der Waals surface area contributed by atoms with Crippen LogP contribution in [0, 0.1) is 0 Å². The van der Waals surface area contributed by atoms with Crippen molar-refractivity contribution in [1.82, 2.24) is 5.32 Å². The quantitative estimate of drug-likeness (QED) is 0.0375. The van der Waals surface area contributed by atoms with E-state index in [0.717, 1.165) is 44.9 Å². The molecule has 48 heavy (non-hydrogen) atoms. The van der Waals surface area contributed by atoms with Crippen LogP contribution in [0.3, 0.4) is 0 Å². The Morgan fingerprint density at radius 1 is 0.479 bits per heavy atom. The number of aliphatic hydroxyl groups is 2. The van der Waals surface area contributed by atoms with Crippen molar-refractivity contribution >= 4 is 16.0 Å². The minimum absolute atomic E-state index is 0.303. The number of carbonyl (C=O) groups is 1. The summed E-state index contributed by atoms with van der Waals surface area (Å²) in [5.74, 6) is -1.44. The molecule has 0 rings (SSSR count). The zero-order valence-corrected chi connectivity index (χ0v) is 32.6. The summed E-state index contributed by atoms with van der Waals surface area (Å²) in [6.45, 7) is 4.51. The second kappa shape index (κ2) is 34.7. The van der Waals surface area contributed by atoms with E-state index in [0.29, 0.717) is 12.8 Å². The number of carbonyl (C=O) groups excluding carboxylic acids is 1. The van der Waals surface area contributed by atoms with Gasteiger partial charge in [0.1, 0.15) is 6.10 Å². The van der Waals surface area contributed by atoms with Crippen molar-refractivity contribution in [2.45, 2.75) is 244 Å². The van der Waals surface area contributed by atoms with E-state index < -0.39 is 40.0 Å². The Bertz CT molecular complexity index is 793. The molecule has 7 nitrogen and oxygen atoms in total. The molecule has 0 radical (unpaired) electrons. The van der Waals surface area contributed by atoms with Gasteiger partial charge in [-0.05, 0) is 12.8 Å². The van der Waals surface area contributed by atoms with Crippen LogP contribution in [-0.4, -0.2) is 53.1 Å². The second-order valence-electron chi connectivity index (χ2n) is 14.8. The van der Waals surface area contributed by atoms with Gasteiger partial charge in [-0.25, -0.2) is 0 Å². The standard InChI is InChI=1S/C40H81NO6S/c1-3-5-7-9-11-13-15-17-19-21-22-24-26-28-30-32-34-38(42)37(36-48(45,46)47)41-40(44)39(43)35-33-31-29-27-25-23-20-18-16-14-12-10-8-6-4-2/h37-39,42-43H,3-36H2,1-2H3,(H,41,44)(H,45,46,47). The summed E-state index contributed by atoms with van der Waals surface area (Å²) < 4.78 is 32.6. The number of amides is 1. The summed E-state index contributed by atoms with van der Waals surface area (Å²) in [4.78, 5) is 12.6. The van der Waals surface area contributed by atoms with Crippen molar-refractivity contribution in [3.8, 4) is 0 Å². The van der Waals surface area contributed by atoms with Gasteiger partial charge in [0.05, 0.1) is 17.9 Å². The van der Waals surface area contributed by atoms with E-state index >= 15 is 0 Å². The fourth-order valence-corrected chi connectivity index (χ4v) is 7.46. The summed E-state index contributed by atoms with van der Waals surface area (Å²) >= 11 is 0. The number of hydrogen-bond donors (Lipinski definition) is 4. The fourth-order valence-electron chi connectivity index (χ4n) is 6.70. The summed E-state index contributed by atoms with van der Waals surface area (Å²) in [7, 11) is -4.40. The Labute approximate surface area is 298 Å². The van der Waals surface area contributed by atoms with Crippen LogP contribution in [0.2, 0.25) is 0 Å². The van der Waals surface area contributed by atoms with Gasteiger partial charge in [0.2, 0.25) is 5.91 Å². The summed E-state index contributed by atoms with van der Waals surface area (Å²) in [6, 6.07) is -1.14. The van der Waals surface area contributed by atoms with Crippen LogP contribution in [-0.2, 0) is 14.9 Å². The third-order valence-electron chi connectivity index (χ3n) is 9.92. The normalized spacial score (nSPS) is 13.9. The first kappa shape index (κ1) is 47.3.